The summed E-state index contributed by atoms with van der Waals surface area (Å²) in [6, 6.07) is 4.03. The second-order valence-corrected chi connectivity index (χ2v) is 11.3. The van der Waals surface area contributed by atoms with E-state index in [0.29, 0.717) is 0 Å². The first-order chi connectivity index (χ1) is 9.05. The van der Waals surface area contributed by atoms with Gasteiger partial charge in [0.15, 0.2) is 0 Å². The first-order valence-electron chi connectivity index (χ1n) is 7.88. The zero-order chi connectivity index (χ0) is 14.5. The molecule has 1 rings (SSSR count). The maximum Gasteiger partial charge on any atom is 0.330 e. The molecular weight excluding hydrogens is 252 g/mol. The van der Waals surface area contributed by atoms with Crippen LogP contribution in [0.4, 0.5) is 0 Å². The molecule has 0 spiro atoms. The summed E-state index contributed by atoms with van der Waals surface area (Å²) in [5.41, 5.74) is 0. The second kappa shape index (κ2) is 6.73. The standard InChI is InChI=1S/C16H30O2Si/c1-6-15(17)18-14-12-11-13-19(9-4,10-5)16(14,7-2)8-3/h6,14H,1,7-13H2,2-5H3. The lowest BCUT2D eigenvalue weighted by Crippen LogP contribution is -2.56. The molecule has 2 nitrogen and oxygen atoms in total. The Bertz CT molecular complexity index is 317. The minimum atomic E-state index is -1.36. The number of rotatable bonds is 6. The van der Waals surface area contributed by atoms with Gasteiger partial charge in [-0.25, -0.2) is 4.79 Å². The molecule has 1 aliphatic rings. The Morgan fingerprint density at radius 2 is 1.89 bits per heavy atom. The fourth-order valence-electron chi connectivity index (χ4n) is 4.62. The molecule has 0 saturated carbocycles. The molecule has 1 saturated heterocycles. The number of hydrogen-bond acceptors (Lipinski definition) is 2. The SMILES string of the molecule is C=CC(=O)OC1CCC[Si](CC)(CC)C1(CC)CC. The minimum absolute atomic E-state index is 0.119. The van der Waals surface area contributed by atoms with E-state index in [1.54, 1.807) is 0 Å². The van der Waals surface area contributed by atoms with Crippen LogP contribution in [-0.2, 0) is 9.53 Å². The fourth-order valence-corrected chi connectivity index (χ4v) is 11.0. The summed E-state index contributed by atoms with van der Waals surface area (Å²) in [5.74, 6) is -0.242. The molecule has 3 heteroatoms. The van der Waals surface area contributed by atoms with E-state index in [-0.39, 0.29) is 17.1 Å². The van der Waals surface area contributed by atoms with E-state index < -0.39 is 8.07 Å². The van der Waals surface area contributed by atoms with E-state index in [1.807, 2.05) is 0 Å². The van der Waals surface area contributed by atoms with Crippen molar-refractivity contribution in [2.75, 3.05) is 0 Å². The topological polar surface area (TPSA) is 26.3 Å². The zero-order valence-electron chi connectivity index (χ0n) is 13.1. The van der Waals surface area contributed by atoms with Crippen molar-refractivity contribution in [2.24, 2.45) is 0 Å². The third-order valence-corrected chi connectivity index (χ3v) is 13.0. The van der Waals surface area contributed by atoms with Gasteiger partial charge in [-0.05, 0) is 19.3 Å². The molecule has 0 aromatic heterocycles. The molecule has 110 valence electrons. The Morgan fingerprint density at radius 3 is 2.32 bits per heavy atom. The van der Waals surface area contributed by atoms with Crippen LogP contribution in [0.15, 0.2) is 12.7 Å². The first-order valence-corrected chi connectivity index (χ1v) is 10.5. The molecule has 0 bridgehead atoms. The molecule has 1 aliphatic heterocycles. The van der Waals surface area contributed by atoms with Crippen molar-refractivity contribution in [1.29, 1.82) is 0 Å². The van der Waals surface area contributed by atoms with E-state index in [1.165, 1.54) is 30.6 Å². The lowest BCUT2D eigenvalue weighted by Gasteiger charge is -2.55. The average Bonchev–Trinajstić information content (AvgIpc) is 2.46. The highest BCUT2D eigenvalue weighted by Crippen LogP contribution is 2.58. The Kier molecular flexibility index (Phi) is 5.84. The number of ether oxygens (including phenoxy) is 1. The van der Waals surface area contributed by atoms with Gasteiger partial charge in [-0.2, -0.15) is 0 Å². The van der Waals surface area contributed by atoms with Gasteiger partial charge in [0.25, 0.3) is 0 Å². The van der Waals surface area contributed by atoms with Crippen LogP contribution in [0.3, 0.4) is 0 Å². The van der Waals surface area contributed by atoms with Gasteiger partial charge >= 0.3 is 5.97 Å². The van der Waals surface area contributed by atoms with Crippen molar-refractivity contribution in [3.8, 4) is 0 Å². The summed E-state index contributed by atoms with van der Waals surface area (Å²) >= 11 is 0. The number of esters is 1. The van der Waals surface area contributed by atoms with E-state index in [0.717, 1.165) is 19.3 Å². The van der Waals surface area contributed by atoms with Gasteiger partial charge in [0.1, 0.15) is 6.10 Å². The van der Waals surface area contributed by atoms with Crippen LogP contribution < -0.4 is 0 Å². The number of carbonyl (C=O) groups excluding carboxylic acids is 1. The fraction of sp³-hybridized carbons (Fsp3) is 0.812. The molecule has 0 radical (unpaired) electrons. The third-order valence-electron chi connectivity index (χ3n) is 5.83. The molecule has 0 aliphatic carbocycles. The highest BCUT2D eigenvalue weighted by atomic mass is 28.3. The van der Waals surface area contributed by atoms with E-state index in [2.05, 4.69) is 34.3 Å². The molecule has 0 amide bonds. The molecule has 1 atom stereocenters. The molecule has 19 heavy (non-hydrogen) atoms. The largest absolute Gasteiger partial charge is 0.459 e. The van der Waals surface area contributed by atoms with Crippen molar-refractivity contribution in [3.05, 3.63) is 12.7 Å². The van der Waals surface area contributed by atoms with Crippen LogP contribution in [0.2, 0.25) is 23.2 Å². The van der Waals surface area contributed by atoms with Crippen molar-refractivity contribution < 1.29 is 9.53 Å². The highest BCUT2D eigenvalue weighted by Gasteiger charge is 2.56. The van der Waals surface area contributed by atoms with E-state index in [9.17, 15) is 4.79 Å². The lowest BCUT2D eigenvalue weighted by molar-refractivity contribution is -0.146. The monoisotopic (exact) mass is 282 g/mol. The van der Waals surface area contributed by atoms with Gasteiger partial charge in [0.05, 0.1) is 8.07 Å². The van der Waals surface area contributed by atoms with Gasteiger partial charge in [-0.1, -0.05) is 58.8 Å². The van der Waals surface area contributed by atoms with E-state index in [4.69, 9.17) is 4.74 Å². The smallest absolute Gasteiger partial charge is 0.330 e. The Balaban J connectivity index is 3.15. The van der Waals surface area contributed by atoms with Gasteiger partial charge in [-0.15, -0.1) is 0 Å². The summed E-state index contributed by atoms with van der Waals surface area (Å²) in [7, 11) is -1.36. The average molecular weight is 282 g/mol. The normalized spacial score (nSPS) is 24.7. The van der Waals surface area contributed by atoms with Crippen molar-refractivity contribution in [3.63, 3.8) is 0 Å². The van der Waals surface area contributed by atoms with Gasteiger partial charge in [-0.3, -0.25) is 0 Å². The van der Waals surface area contributed by atoms with Crippen molar-refractivity contribution >= 4 is 14.0 Å². The predicted octanol–water partition coefficient (Wildman–Crippen LogP) is 4.93. The highest BCUT2D eigenvalue weighted by molar-refractivity contribution is 6.83. The zero-order valence-corrected chi connectivity index (χ0v) is 14.1. The molecule has 1 unspecified atom stereocenters. The molecular formula is C16H30O2Si. The molecule has 1 heterocycles. The second-order valence-electron chi connectivity index (χ2n) is 5.87. The van der Waals surface area contributed by atoms with Crippen molar-refractivity contribution in [1.82, 2.24) is 0 Å². The summed E-state index contributed by atoms with van der Waals surface area (Å²) in [6.07, 6.45) is 5.99. The minimum Gasteiger partial charge on any atom is -0.459 e. The molecule has 0 aromatic rings. The van der Waals surface area contributed by atoms with E-state index >= 15 is 0 Å². The molecule has 0 aromatic carbocycles. The lowest BCUT2D eigenvalue weighted by atomic mass is 9.91. The van der Waals surface area contributed by atoms with Crippen molar-refractivity contribution in [2.45, 2.75) is 82.7 Å². The maximum absolute atomic E-state index is 11.7. The maximum atomic E-state index is 11.7. The van der Waals surface area contributed by atoms with Gasteiger partial charge in [0, 0.05) is 11.1 Å². The van der Waals surface area contributed by atoms with Crippen LogP contribution in [0.5, 0.6) is 0 Å². The van der Waals surface area contributed by atoms with Crippen LogP contribution in [0.25, 0.3) is 0 Å². The van der Waals surface area contributed by atoms with Gasteiger partial charge in [0.2, 0.25) is 0 Å². The summed E-state index contributed by atoms with van der Waals surface area (Å²) in [4.78, 5) is 11.7. The third kappa shape index (κ3) is 2.67. The quantitative estimate of drug-likeness (QED) is 0.392. The Labute approximate surface area is 119 Å². The van der Waals surface area contributed by atoms with Crippen LogP contribution in [0.1, 0.15) is 53.4 Å². The number of hydrogen-bond donors (Lipinski definition) is 0. The van der Waals surface area contributed by atoms with Crippen LogP contribution in [-0.4, -0.2) is 20.1 Å². The molecule has 0 N–H and O–H groups in total. The van der Waals surface area contributed by atoms with Gasteiger partial charge < -0.3 is 4.74 Å². The van der Waals surface area contributed by atoms with Crippen LogP contribution in [0, 0.1) is 0 Å². The van der Waals surface area contributed by atoms with Crippen LogP contribution >= 0.6 is 0 Å². The first kappa shape index (κ1) is 16.5. The Hall–Kier alpha value is -0.573. The summed E-state index contributed by atoms with van der Waals surface area (Å²) in [5, 5.41) is 0.271. The summed E-state index contributed by atoms with van der Waals surface area (Å²) in [6.45, 7) is 12.8. The predicted molar refractivity (Wildman–Crippen MR) is 84.1 cm³/mol. The number of carbonyl (C=O) groups is 1. The molecule has 1 fully saturated rings. The Morgan fingerprint density at radius 1 is 1.32 bits per heavy atom. The summed E-state index contributed by atoms with van der Waals surface area (Å²) < 4.78 is 5.77.